The topological polar surface area (TPSA) is 12.0 Å². The van der Waals surface area contributed by atoms with Crippen LogP contribution in [0.15, 0.2) is 60.7 Å². The van der Waals surface area contributed by atoms with Gasteiger partial charge in [0.15, 0.2) is 0 Å². The van der Waals surface area contributed by atoms with Gasteiger partial charge in [-0.15, -0.1) is 0 Å². The number of rotatable bonds is 0. The highest BCUT2D eigenvalue weighted by molar-refractivity contribution is 5.84. The summed E-state index contributed by atoms with van der Waals surface area (Å²) in [6.45, 7) is 0. The van der Waals surface area contributed by atoms with Gasteiger partial charge in [0.25, 0.3) is 0 Å². The third-order valence-corrected chi connectivity index (χ3v) is 4.76. The summed E-state index contributed by atoms with van der Waals surface area (Å²) in [5.41, 5.74) is 11.2. The Balaban J connectivity index is 1.70. The monoisotopic (exact) mass is 269 g/mol. The van der Waals surface area contributed by atoms with Crippen molar-refractivity contribution in [3.63, 3.8) is 0 Å². The fourth-order valence-corrected chi connectivity index (χ4v) is 3.73. The van der Waals surface area contributed by atoms with Crippen LogP contribution in [0.5, 0.6) is 0 Å². The van der Waals surface area contributed by atoms with Crippen LogP contribution >= 0.6 is 0 Å². The van der Waals surface area contributed by atoms with E-state index in [0.717, 1.165) is 12.8 Å². The molecule has 2 aliphatic rings. The van der Waals surface area contributed by atoms with Gasteiger partial charge >= 0.3 is 0 Å². The van der Waals surface area contributed by atoms with Crippen molar-refractivity contribution in [2.75, 3.05) is 5.32 Å². The average molecular weight is 269 g/mol. The molecule has 0 saturated heterocycles. The minimum atomic E-state index is 1.04. The predicted molar refractivity (Wildman–Crippen MR) is 87.2 cm³/mol. The summed E-state index contributed by atoms with van der Waals surface area (Å²) in [5, 5.41) is 3.60. The third kappa shape index (κ3) is 1.52. The minimum Gasteiger partial charge on any atom is -0.355 e. The Hall–Kier alpha value is -2.54. The first-order chi connectivity index (χ1) is 10.4. The second-order valence-electron chi connectivity index (χ2n) is 5.91. The molecule has 0 aromatic heterocycles. The molecule has 0 saturated carbocycles. The van der Waals surface area contributed by atoms with E-state index in [1.807, 2.05) is 0 Å². The van der Waals surface area contributed by atoms with Gasteiger partial charge in [0.2, 0.25) is 0 Å². The fourth-order valence-electron chi connectivity index (χ4n) is 3.73. The Morgan fingerprint density at radius 1 is 0.571 bits per heavy atom. The van der Waals surface area contributed by atoms with Crippen LogP contribution in [-0.4, -0.2) is 0 Å². The zero-order valence-corrected chi connectivity index (χ0v) is 11.7. The first-order valence-corrected chi connectivity index (χ1v) is 7.48. The van der Waals surface area contributed by atoms with Crippen molar-refractivity contribution in [3.8, 4) is 11.1 Å². The lowest BCUT2D eigenvalue weighted by Crippen LogP contribution is -2.09. The first-order valence-electron chi connectivity index (χ1n) is 7.48. The van der Waals surface area contributed by atoms with Crippen LogP contribution in [0.25, 0.3) is 11.1 Å². The van der Waals surface area contributed by atoms with Crippen molar-refractivity contribution in [2.45, 2.75) is 12.8 Å². The van der Waals surface area contributed by atoms with Gasteiger partial charge < -0.3 is 5.32 Å². The maximum absolute atomic E-state index is 3.60. The van der Waals surface area contributed by atoms with Gasteiger partial charge in [0.05, 0.1) is 0 Å². The van der Waals surface area contributed by atoms with Gasteiger partial charge in [-0.25, -0.2) is 0 Å². The van der Waals surface area contributed by atoms with Crippen molar-refractivity contribution in [3.05, 3.63) is 82.9 Å². The Morgan fingerprint density at radius 3 is 2.29 bits per heavy atom. The van der Waals surface area contributed by atoms with Crippen LogP contribution < -0.4 is 5.32 Å². The van der Waals surface area contributed by atoms with Gasteiger partial charge in [-0.05, 0) is 51.9 Å². The van der Waals surface area contributed by atoms with Gasteiger partial charge in [0.1, 0.15) is 0 Å². The molecule has 5 rings (SSSR count). The van der Waals surface area contributed by atoms with Crippen LogP contribution in [0.2, 0.25) is 0 Å². The summed E-state index contributed by atoms with van der Waals surface area (Å²) in [6, 6.07) is 21.9. The predicted octanol–water partition coefficient (Wildman–Crippen LogP) is 4.91. The van der Waals surface area contributed by atoms with Gasteiger partial charge in [-0.1, -0.05) is 48.5 Å². The van der Waals surface area contributed by atoms with E-state index in [1.165, 1.54) is 44.8 Å². The Kier molecular flexibility index (Phi) is 2.12. The highest BCUT2D eigenvalue weighted by Gasteiger charge is 2.25. The molecule has 100 valence electrons. The molecule has 0 spiro atoms. The zero-order chi connectivity index (χ0) is 13.8. The summed E-state index contributed by atoms with van der Waals surface area (Å²) < 4.78 is 0. The maximum Gasteiger partial charge on any atom is 0.0423 e. The molecule has 1 heteroatoms. The Morgan fingerprint density at radius 2 is 1.33 bits per heavy atom. The summed E-state index contributed by atoms with van der Waals surface area (Å²) >= 11 is 0. The second kappa shape index (κ2) is 3.98. The molecule has 0 bridgehead atoms. The molecule has 3 aromatic carbocycles. The van der Waals surface area contributed by atoms with E-state index in [4.69, 9.17) is 0 Å². The number of anilines is 2. The smallest absolute Gasteiger partial charge is 0.0423 e. The molecule has 1 aliphatic heterocycles. The molecule has 1 N–H and O–H groups in total. The maximum atomic E-state index is 3.60. The lowest BCUT2D eigenvalue weighted by atomic mass is 9.91. The highest BCUT2D eigenvalue weighted by atomic mass is 14.9. The molecule has 0 atom stereocenters. The van der Waals surface area contributed by atoms with E-state index in [9.17, 15) is 0 Å². The van der Waals surface area contributed by atoms with E-state index in [0.29, 0.717) is 0 Å². The zero-order valence-electron chi connectivity index (χ0n) is 11.7. The lowest BCUT2D eigenvalue weighted by molar-refractivity contribution is 1.10. The molecular formula is C20H15N. The standard InChI is InChI=1S/C20H15N/c1-3-7-15-13(5-1)11-17-16(15)9-10-20-18(17)12-14-6-2-4-8-19(14)21-20/h1-10,21H,11-12H2. The Labute approximate surface area is 124 Å². The summed E-state index contributed by atoms with van der Waals surface area (Å²) in [4.78, 5) is 0. The third-order valence-electron chi connectivity index (χ3n) is 4.76. The number of para-hydroxylation sites is 1. The first kappa shape index (κ1) is 11.2. The summed E-state index contributed by atoms with van der Waals surface area (Å²) in [6.07, 6.45) is 2.11. The minimum absolute atomic E-state index is 1.04. The van der Waals surface area contributed by atoms with Crippen LogP contribution in [-0.2, 0) is 12.8 Å². The van der Waals surface area contributed by atoms with Crippen molar-refractivity contribution in [1.82, 2.24) is 0 Å². The van der Waals surface area contributed by atoms with Crippen molar-refractivity contribution in [2.24, 2.45) is 0 Å². The molecule has 3 aromatic rings. The molecule has 21 heavy (non-hydrogen) atoms. The normalized spacial score (nSPS) is 13.7. The molecule has 0 unspecified atom stereocenters. The summed E-state index contributed by atoms with van der Waals surface area (Å²) in [7, 11) is 0. The molecule has 0 radical (unpaired) electrons. The molecular weight excluding hydrogens is 254 g/mol. The van der Waals surface area contributed by atoms with E-state index < -0.39 is 0 Å². The molecule has 0 amide bonds. The van der Waals surface area contributed by atoms with Crippen molar-refractivity contribution >= 4 is 11.4 Å². The van der Waals surface area contributed by atoms with Crippen LogP contribution in [0.1, 0.15) is 22.3 Å². The van der Waals surface area contributed by atoms with E-state index in [-0.39, 0.29) is 0 Å². The number of fused-ring (bicyclic) bond motifs is 6. The van der Waals surface area contributed by atoms with Crippen molar-refractivity contribution in [1.29, 1.82) is 0 Å². The molecule has 1 aliphatic carbocycles. The Bertz CT molecular complexity index is 877. The second-order valence-corrected chi connectivity index (χ2v) is 5.91. The van der Waals surface area contributed by atoms with Crippen molar-refractivity contribution < 1.29 is 0 Å². The van der Waals surface area contributed by atoms with Crippen LogP contribution in [0.4, 0.5) is 11.4 Å². The van der Waals surface area contributed by atoms with Crippen LogP contribution in [0, 0.1) is 0 Å². The van der Waals surface area contributed by atoms with E-state index >= 15 is 0 Å². The van der Waals surface area contributed by atoms with Crippen LogP contribution in [0.3, 0.4) is 0 Å². The summed E-state index contributed by atoms with van der Waals surface area (Å²) in [5.74, 6) is 0. The van der Waals surface area contributed by atoms with E-state index in [2.05, 4.69) is 66.0 Å². The van der Waals surface area contributed by atoms with Gasteiger partial charge in [0, 0.05) is 17.8 Å². The average Bonchev–Trinajstić information content (AvgIpc) is 2.92. The molecule has 1 nitrogen and oxygen atoms in total. The number of nitrogens with one attached hydrogen (secondary N) is 1. The largest absolute Gasteiger partial charge is 0.355 e. The molecule has 1 heterocycles. The quantitative estimate of drug-likeness (QED) is 0.421. The van der Waals surface area contributed by atoms with Gasteiger partial charge in [-0.3, -0.25) is 0 Å². The molecule has 0 fully saturated rings. The fraction of sp³-hybridized carbons (Fsp3) is 0.100. The van der Waals surface area contributed by atoms with E-state index in [1.54, 1.807) is 0 Å². The SMILES string of the molecule is c1ccc2c(c1)Cc1c(ccc3c1Cc1ccccc1-3)N2. The number of benzene rings is 3. The highest BCUT2D eigenvalue weighted by Crippen LogP contribution is 2.44. The number of hydrogen-bond donors (Lipinski definition) is 1. The lowest BCUT2D eigenvalue weighted by Gasteiger charge is -2.23. The van der Waals surface area contributed by atoms with Gasteiger partial charge in [-0.2, -0.15) is 0 Å². The number of hydrogen-bond acceptors (Lipinski definition) is 1.